The van der Waals surface area contributed by atoms with Crippen LogP contribution >= 0.6 is 0 Å². The number of fused-ring (bicyclic) bond motifs is 2. The number of rotatable bonds is 7. The first-order valence-electron chi connectivity index (χ1n) is 8.35. The third-order valence-electron chi connectivity index (χ3n) is 4.99. The van der Waals surface area contributed by atoms with E-state index in [9.17, 15) is 9.59 Å². The molecule has 1 aromatic rings. The molecule has 1 spiro atoms. The molecule has 2 N–H and O–H groups in total. The molecule has 0 unspecified atom stereocenters. The van der Waals surface area contributed by atoms with Crippen LogP contribution in [-0.4, -0.2) is 30.1 Å². The van der Waals surface area contributed by atoms with Gasteiger partial charge in [0, 0.05) is 29.9 Å². The zero-order chi connectivity index (χ0) is 16.3. The summed E-state index contributed by atoms with van der Waals surface area (Å²) in [7, 11) is 0. The second kappa shape index (κ2) is 6.60. The predicted molar refractivity (Wildman–Crippen MR) is 85.5 cm³/mol. The minimum Gasteiger partial charge on any atom is -0.493 e. The molecule has 124 valence electrons. The molecule has 0 saturated heterocycles. The molecule has 5 nitrogen and oxygen atoms in total. The Morgan fingerprint density at radius 2 is 2.09 bits per heavy atom. The first-order chi connectivity index (χ1) is 11.1. The molecule has 3 rings (SSSR count). The lowest BCUT2D eigenvalue weighted by atomic mass is 9.87. The Morgan fingerprint density at radius 1 is 1.26 bits per heavy atom. The molecular weight excluding hydrogens is 294 g/mol. The Labute approximate surface area is 136 Å². The van der Waals surface area contributed by atoms with Crippen LogP contribution in [0.3, 0.4) is 0 Å². The first kappa shape index (κ1) is 15.8. The van der Waals surface area contributed by atoms with Crippen molar-refractivity contribution < 1.29 is 19.4 Å². The van der Waals surface area contributed by atoms with Crippen molar-refractivity contribution in [3.8, 4) is 5.75 Å². The molecule has 1 heterocycles. The fourth-order valence-electron chi connectivity index (χ4n) is 3.62. The highest BCUT2D eigenvalue weighted by molar-refractivity contribution is 5.84. The zero-order valence-electron chi connectivity index (χ0n) is 13.2. The van der Waals surface area contributed by atoms with Gasteiger partial charge >= 0.3 is 5.97 Å². The molecule has 2 aliphatic rings. The van der Waals surface area contributed by atoms with Gasteiger partial charge in [-0.3, -0.25) is 9.59 Å². The number of para-hydroxylation sites is 1. The van der Waals surface area contributed by atoms with E-state index in [1.807, 2.05) is 18.2 Å². The highest BCUT2D eigenvalue weighted by atomic mass is 16.5. The van der Waals surface area contributed by atoms with E-state index in [0.29, 0.717) is 19.6 Å². The predicted octanol–water partition coefficient (Wildman–Crippen LogP) is 2.49. The number of hydrogen-bond acceptors (Lipinski definition) is 3. The van der Waals surface area contributed by atoms with Gasteiger partial charge in [0.1, 0.15) is 5.75 Å². The Balaban J connectivity index is 1.47. The van der Waals surface area contributed by atoms with Gasteiger partial charge in [-0.05, 0) is 31.7 Å². The summed E-state index contributed by atoms with van der Waals surface area (Å²) in [6.07, 6.45) is 4.34. The maximum absolute atomic E-state index is 12.4. The van der Waals surface area contributed by atoms with Crippen molar-refractivity contribution in [3.05, 3.63) is 29.8 Å². The van der Waals surface area contributed by atoms with Crippen LogP contribution in [0.5, 0.6) is 5.75 Å². The number of aliphatic carboxylic acids is 1. The third-order valence-corrected chi connectivity index (χ3v) is 4.99. The van der Waals surface area contributed by atoms with Crippen molar-refractivity contribution in [2.45, 2.75) is 43.9 Å². The summed E-state index contributed by atoms with van der Waals surface area (Å²) in [6.45, 7) is 1.30. The van der Waals surface area contributed by atoms with Crippen LogP contribution in [-0.2, 0) is 15.0 Å². The van der Waals surface area contributed by atoms with E-state index in [4.69, 9.17) is 9.84 Å². The average molecular weight is 317 g/mol. The number of benzene rings is 1. The average Bonchev–Trinajstić information content (AvgIpc) is 3.26. The second-order valence-corrected chi connectivity index (χ2v) is 6.50. The van der Waals surface area contributed by atoms with Gasteiger partial charge in [0.15, 0.2) is 0 Å². The van der Waals surface area contributed by atoms with Crippen molar-refractivity contribution in [2.24, 2.45) is 5.92 Å². The SMILES string of the molecule is O=C(O)CCCCCNC(=O)[C@@H]1C[C@]12CCOc1ccccc12. The standard InChI is InChI=1S/C18H23NO4/c20-16(21)8-2-1-5-10-19-17(22)14-12-18(14)9-11-23-15-7-4-3-6-13(15)18/h3-4,6-7,14H,1-2,5,8-12H2,(H,19,22)(H,20,21)/t14-,18-/m0/s1. The van der Waals surface area contributed by atoms with Gasteiger partial charge in [0.05, 0.1) is 6.61 Å². The minimum absolute atomic E-state index is 0.0256. The smallest absolute Gasteiger partial charge is 0.303 e. The quantitative estimate of drug-likeness (QED) is 0.758. The van der Waals surface area contributed by atoms with Gasteiger partial charge < -0.3 is 15.2 Å². The molecule has 1 aromatic carbocycles. The number of carboxylic acids is 1. The topological polar surface area (TPSA) is 75.6 Å². The molecule has 5 heteroatoms. The maximum atomic E-state index is 12.4. The molecule has 1 aliphatic heterocycles. The van der Waals surface area contributed by atoms with Crippen LogP contribution in [0.25, 0.3) is 0 Å². The fourth-order valence-corrected chi connectivity index (χ4v) is 3.62. The van der Waals surface area contributed by atoms with Crippen molar-refractivity contribution in [1.29, 1.82) is 0 Å². The normalized spacial score (nSPS) is 24.6. The fraction of sp³-hybridized carbons (Fsp3) is 0.556. The largest absolute Gasteiger partial charge is 0.493 e. The molecule has 2 atom stereocenters. The molecule has 1 fully saturated rings. The second-order valence-electron chi connectivity index (χ2n) is 6.50. The summed E-state index contributed by atoms with van der Waals surface area (Å²) in [5.74, 6) is 0.335. The molecule has 1 aliphatic carbocycles. The molecule has 23 heavy (non-hydrogen) atoms. The molecule has 0 bridgehead atoms. The van der Waals surface area contributed by atoms with E-state index in [1.54, 1.807) is 0 Å². The number of carbonyl (C=O) groups is 2. The molecular formula is C18H23NO4. The highest BCUT2D eigenvalue weighted by Crippen LogP contribution is 2.60. The molecule has 0 aromatic heterocycles. The number of unbranched alkanes of at least 4 members (excludes halogenated alkanes) is 2. The van der Waals surface area contributed by atoms with Crippen LogP contribution in [0, 0.1) is 5.92 Å². The summed E-state index contributed by atoms with van der Waals surface area (Å²) in [4.78, 5) is 22.8. The van der Waals surface area contributed by atoms with Crippen LogP contribution in [0.1, 0.15) is 44.1 Å². The third kappa shape index (κ3) is 3.33. The number of amides is 1. The number of carboxylic acid groups (broad SMARTS) is 1. The summed E-state index contributed by atoms with van der Waals surface area (Å²) < 4.78 is 5.69. The number of nitrogens with one attached hydrogen (secondary N) is 1. The zero-order valence-corrected chi connectivity index (χ0v) is 13.2. The van der Waals surface area contributed by atoms with E-state index in [-0.39, 0.29) is 23.7 Å². The molecule has 0 radical (unpaired) electrons. The Bertz CT molecular complexity index is 600. The monoisotopic (exact) mass is 317 g/mol. The molecule has 1 amide bonds. The van der Waals surface area contributed by atoms with Crippen LogP contribution < -0.4 is 10.1 Å². The lowest BCUT2D eigenvalue weighted by Crippen LogP contribution is -2.31. The number of hydrogen-bond donors (Lipinski definition) is 2. The van der Waals surface area contributed by atoms with Gasteiger partial charge in [0.2, 0.25) is 5.91 Å². The van der Waals surface area contributed by atoms with E-state index >= 15 is 0 Å². The van der Waals surface area contributed by atoms with Gasteiger partial charge in [-0.1, -0.05) is 24.6 Å². The summed E-state index contributed by atoms with van der Waals surface area (Å²) in [6, 6.07) is 8.02. The van der Waals surface area contributed by atoms with Crippen molar-refractivity contribution in [2.75, 3.05) is 13.2 Å². The summed E-state index contributed by atoms with van der Waals surface area (Å²) in [5, 5.41) is 11.6. The Kier molecular flexibility index (Phi) is 4.55. The van der Waals surface area contributed by atoms with Crippen molar-refractivity contribution >= 4 is 11.9 Å². The number of carbonyl (C=O) groups excluding carboxylic acids is 1. The Hall–Kier alpha value is -2.04. The van der Waals surface area contributed by atoms with Crippen LogP contribution in [0.2, 0.25) is 0 Å². The van der Waals surface area contributed by atoms with Crippen LogP contribution in [0.4, 0.5) is 0 Å². The summed E-state index contributed by atoms with van der Waals surface area (Å²) in [5.41, 5.74) is 1.15. The maximum Gasteiger partial charge on any atom is 0.303 e. The molecule has 1 saturated carbocycles. The Morgan fingerprint density at radius 3 is 2.91 bits per heavy atom. The van der Waals surface area contributed by atoms with E-state index in [1.165, 1.54) is 5.56 Å². The summed E-state index contributed by atoms with van der Waals surface area (Å²) >= 11 is 0. The van der Waals surface area contributed by atoms with Crippen LogP contribution in [0.15, 0.2) is 24.3 Å². The first-order valence-corrected chi connectivity index (χ1v) is 8.35. The number of ether oxygens (including phenoxy) is 1. The lowest BCUT2D eigenvalue weighted by Gasteiger charge is -2.26. The van der Waals surface area contributed by atoms with E-state index in [2.05, 4.69) is 11.4 Å². The van der Waals surface area contributed by atoms with Gasteiger partial charge in [0.25, 0.3) is 0 Å². The van der Waals surface area contributed by atoms with Gasteiger partial charge in [-0.15, -0.1) is 0 Å². The van der Waals surface area contributed by atoms with E-state index < -0.39 is 5.97 Å². The highest BCUT2D eigenvalue weighted by Gasteiger charge is 2.60. The van der Waals surface area contributed by atoms with Gasteiger partial charge in [-0.25, -0.2) is 0 Å². The van der Waals surface area contributed by atoms with E-state index in [0.717, 1.165) is 31.4 Å². The van der Waals surface area contributed by atoms with Crippen molar-refractivity contribution in [1.82, 2.24) is 5.32 Å². The van der Waals surface area contributed by atoms with Crippen molar-refractivity contribution in [3.63, 3.8) is 0 Å². The lowest BCUT2D eigenvalue weighted by molar-refractivity contribution is -0.137. The van der Waals surface area contributed by atoms with Gasteiger partial charge in [-0.2, -0.15) is 0 Å². The minimum atomic E-state index is -0.757.